The number of fused-ring (bicyclic) bond motifs is 1. The summed E-state index contributed by atoms with van der Waals surface area (Å²) in [5.41, 5.74) is 5.07. The number of nitrogens with two attached hydrogens (primary N) is 1. The van der Waals surface area contributed by atoms with E-state index in [1.807, 2.05) is 6.07 Å². The number of anilines is 1. The monoisotopic (exact) mass is 394 g/mol. The molecule has 0 bridgehead atoms. The molecule has 144 valence electrons. The second kappa shape index (κ2) is 7.64. The van der Waals surface area contributed by atoms with Crippen molar-refractivity contribution in [2.75, 3.05) is 18.9 Å². The Kier molecular flexibility index (Phi) is 5.46. The number of esters is 1. The van der Waals surface area contributed by atoms with Crippen LogP contribution in [-0.4, -0.2) is 50.4 Å². The summed E-state index contributed by atoms with van der Waals surface area (Å²) in [6.45, 7) is 3.29. The van der Waals surface area contributed by atoms with Gasteiger partial charge in [-0.15, -0.1) is 0 Å². The molecule has 1 fully saturated rings. The molecule has 1 saturated heterocycles. The Labute approximate surface area is 160 Å². The smallest absolute Gasteiger partial charge is 0.353 e. The lowest BCUT2D eigenvalue weighted by molar-refractivity contribution is -0.166. The number of nitrogen functional groups attached to an aromatic ring is 1. The average molecular weight is 395 g/mol. The molecule has 3 rings (SSSR count). The van der Waals surface area contributed by atoms with Crippen LogP contribution in [0.2, 0.25) is 5.28 Å². The first-order chi connectivity index (χ1) is 12.9. The molecule has 1 aliphatic rings. The van der Waals surface area contributed by atoms with Crippen LogP contribution in [0.1, 0.15) is 32.9 Å². The molecule has 0 amide bonds. The van der Waals surface area contributed by atoms with Crippen molar-refractivity contribution in [1.29, 1.82) is 5.26 Å². The minimum atomic E-state index is -1.67. The molecule has 0 aliphatic carbocycles. The molecular formula is C16H19ClN6O4. The van der Waals surface area contributed by atoms with Gasteiger partial charge in [0.1, 0.15) is 17.8 Å². The van der Waals surface area contributed by atoms with Gasteiger partial charge in [-0.2, -0.15) is 15.2 Å². The number of rotatable bonds is 6. The van der Waals surface area contributed by atoms with Crippen LogP contribution in [0, 0.1) is 11.3 Å². The van der Waals surface area contributed by atoms with Crippen molar-refractivity contribution in [3.63, 3.8) is 0 Å². The summed E-state index contributed by atoms with van der Waals surface area (Å²) in [7, 11) is 0. The van der Waals surface area contributed by atoms with E-state index in [9.17, 15) is 10.1 Å². The highest BCUT2D eigenvalue weighted by Crippen LogP contribution is 2.32. The highest BCUT2D eigenvalue weighted by molar-refractivity contribution is 6.28. The molecule has 0 spiro atoms. The fraction of sp³-hybridized carbons (Fsp3) is 0.562. The summed E-state index contributed by atoms with van der Waals surface area (Å²) >= 11 is 5.88. The van der Waals surface area contributed by atoms with Crippen molar-refractivity contribution in [3.8, 4) is 6.07 Å². The van der Waals surface area contributed by atoms with Crippen LogP contribution in [0.4, 0.5) is 5.82 Å². The van der Waals surface area contributed by atoms with Gasteiger partial charge in [0.25, 0.3) is 0 Å². The summed E-state index contributed by atoms with van der Waals surface area (Å²) in [4.78, 5) is 24.2. The zero-order valence-electron chi connectivity index (χ0n) is 14.9. The molecule has 1 unspecified atom stereocenters. The molecule has 0 saturated carbocycles. The fourth-order valence-corrected chi connectivity index (χ4v) is 2.97. The first-order valence-electron chi connectivity index (χ1n) is 8.41. The maximum absolute atomic E-state index is 11.9. The van der Waals surface area contributed by atoms with Crippen LogP contribution in [0.15, 0.2) is 6.33 Å². The van der Waals surface area contributed by atoms with Gasteiger partial charge in [0.15, 0.2) is 11.5 Å². The third-order valence-electron chi connectivity index (χ3n) is 4.25. The van der Waals surface area contributed by atoms with Crippen LogP contribution in [-0.2, 0) is 19.0 Å². The predicted molar refractivity (Wildman–Crippen MR) is 94.5 cm³/mol. The number of nitrogens with zero attached hydrogens (tertiary/aromatic N) is 5. The van der Waals surface area contributed by atoms with Gasteiger partial charge in [0, 0.05) is 0 Å². The lowest BCUT2D eigenvalue weighted by atomic mass is 10.1. The Hall–Kier alpha value is -2.48. The Morgan fingerprint density at radius 2 is 2.33 bits per heavy atom. The fourth-order valence-electron chi connectivity index (χ4n) is 2.80. The predicted octanol–water partition coefficient (Wildman–Crippen LogP) is 1.60. The highest BCUT2D eigenvalue weighted by Gasteiger charge is 2.38. The molecule has 3 atom stereocenters. The molecule has 2 aromatic heterocycles. The van der Waals surface area contributed by atoms with E-state index in [1.54, 1.807) is 17.8 Å². The van der Waals surface area contributed by atoms with Gasteiger partial charge in [0.05, 0.1) is 25.6 Å². The maximum atomic E-state index is 11.9. The Balaban J connectivity index is 1.68. The zero-order chi connectivity index (χ0) is 19.6. The van der Waals surface area contributed by atoms with Crippen molar-refractivity contribution < 1.29 is 19.0 Å². The molecule has 0 aromatic carbocycles. The maximum Gasteiger partial charge on any atom is 0.353 e. The normalized spacial score (nSPS) is 21.7. The van der Waals surface area contributed by atoms with E-state index < -0.39 is 11.6 Å². The van der Waals surface area contributed by atoms with E-state index >= 15 is 0 Å². The van der Waals surface area contributed by atoms with Gasteiger partial charge in [0.2, 0.25) is 10.9 Å². The molecular weight excluding hydrogens is 376 g/mol. The summed E-state index contributed by atoms with van der Waals surface area (Å²) in [5, 5.41) is 9.29. The Morgan fingerprint density at radius 3 is 3.04 bits per heavy atom. The summed E-state index contributed by atoms with van der Waals surface area (Å²) < 4.78 is 18.1. The number of carbonyl (C=O) groups is 1. The van der Waals surface area contributed by atoms with E-state index in [0.29, 0.717) is 24.0 Å². The second-order valence-electron chi connectivity index (χ2n) is 6.17. The third kappa shape index (κ3) is 3.80. The second-order valence-corrected chi connectivity index (χ2v) is 6.51. The van der Waals surface area contributed by atoms with Gasteiger partial charge in [-0.1, -0.05) is 0 Å². The summed E-state index contributed by atoms with van der Waals surface area (Å²) in [6.07, 6.45) is 2.26. The molecule has 2 aromatic rings. The van der Waals surface area contributed by atoms with Crippen molar-refractivity contribution in [1.82, 2.24) is 19.5 Å². The number of halogens is 1. The molecule has 2 N–H and O–H groups in total. The van der Waals surface area contributed by atoms with Crippen molar-refractivity contribution in [2.45, 2.75) is 44.6 Å². The van der Waals surface area contributed by atoms with Gasteiger partial charge >= 0.3 is 5.97 Å². The van der Waals surface area contributed by atoms with Crippen molar-refractivity contribution in [2.24, 2.45) is 0 Å². The van der Waals surface area contributed by atoms with Crippen LogP contribution in [0.5, 0.6) is 0 Å². The standard InChI is InChI=1S/C16H19ClN6O4/c1-3-25-14(24)16(2,7-18)26-6-9-4-5-10(27-9)23-8-20-11-12(19)21-15(17)22-13(11)23/h8-10H,3-6H2,1-2H3,(H2,19,21,22)/t9-,10+,16?/m0/s1. The molecule has 0 radical (unpaired) electrons. The van der Waals surface area contributed by atoms with E-state index in [4.69, 9.17) is 31.5 Å². The van der Waals surface area contributed by atoms with Crippen LogP contribution in [0.25, 0.3) is 11.2 Å². The minimum absolute atomic E-state index is 0.0267. The number of imidazole rings is 1. The van der Waals surface area contributed by atoms with Crippen molar-refractivity contribution in [3.05, 3.63) is 11.6 Å². The third-order valence-corrected chi connectivity index (χ3v) is 4.42. The summed E-state index contributed by atoms with van der Waals surface area (Å²) in [6, 6.07) is 1.85. The number of ether oxygens (including phenoxy) is 3. The van der Waals surface area contributed by atoms with Crippen molar-refractivity contribution >= 4 is 34.6 Å². The Morgan fingerprint density at radius 1 is 1.56 bits per heavy atom. The number of aromatic nitrogens is 4. The Bertz CT molecular complexity index is 897. The lowest BCUT2D eigenvalue weighted by Crippen LogP contribution is -2.40. The quantitative estimate of drug-likeness (QED) is 0.571. The van der Waals surface area contributed by atoms with E-state index in [1.165, 1.54) is 6.92 Å². The number of carbonyl (C=O) groups excluding carboxylic acids is 1. The first-order valence-corrected chi connectivity index (χ1v) is 8.79. The van der Waals surface area contributed by atoms with Gasteiger partial charge in [-0.25, -0.2) is 9.78 Å². The first kappa shape index (κ1) is 19.3. The van der Waals surface area contributed by atoms with Crippen LogP contribution < -0.4 is 5.73 Å². The van der Waals surface area contributed by atoms with Crippen LogP contribution in [0.3, 0.4) is 0 Å². The molecule has 3 heterocycles. The van der Waals surface area contributed by atoms with Gasteiger partial charge in [-0.05, 0) is 38.3 Å². The lowest BCUT2D eigenvalue weighted by Gasteiger charge is -2.22. The van der Waals surface area contributed by atoms with Gasteiger partial charge < -0.3 is 19.9 Å². The number of hydrogen-bond donors (Lipinski definition) is 1. The molecule has 1 aliphatic heterocycles. The SMILES string of the molecule is CCOC(=O)C(C)(C#N)OC[C@@H]1CC[C@H](n2cnc3c(N)nc(Cl)nc32)O1. The average Bonchev–Trinajstić information content (AvgIpc) is 3.26. The minimum Gasteiger partial charge on any atom is -0.463 e. The summed E-state index contributed by atoms with van der Waals surface area (Å²) in [5.74, 6) is -0.523. The van der Waals surface area contributed by atoms with E-state index in [2.05, 4.69) is 15.0 Å². The van der Waals surface area contributed by atoms with Crippen LogP contribution >= 0.6 is 11.6 Å². The largest absolute Gasteiger partial charge is 0.463 e. The highest BCUT2D eigenvalue weighted by atomic mass is 35.5. The van der Waals surface area contributed by atoms with Gasteiger partial charge in [-0.3, -0.25) is 4.57 Å². The molecule has 11 heteroatoms. The number of hydrogen-bond acceptors (Lipinski definition) is 9. The molecule has 27 heavy (non-hydrogen) atoms. The number of nitriles is 1. The molecule has 10 nitrogen and oxygen atoms in total. The zero-order valence-corrected chi connectivity index (χ0v) is 15.6. The van der Waals surface area contributed by atoms with E-state index in [0.717, 1.165) is 0 Å². The van der Waals surface area contributed by atoms with E-state index in [-0.39, 0.29) is 36.6 Å². The topological polar surface area (TPSA) is 138 Å².